The molecule has 6 heteroatoms. The maximum Gasteiger partial charge on any atom is 0.0843 e. The van der Waals surface area contributed by atoms with Crippen molar-refractivity contribution in [1.29, 1.82) is 0 Å². The topological polar surface area (TPSA) is 32.5 Å². The van der Waals surface area contributed by atoms with Crippen molar-refractivity contribution in [2.45, 2.75) is 13.0 Å². The van der Waals surface area contributed by atoms with Crippen LogP contribution in [0.1, 0.15) is 17.8 Å². The Morgan fingerprint density at radius 1 is 1.33 bits per heavy atom. The van der Waals surface area contributed by atoms with Gasteiger partial charge in [0.05, 0.1) is 9.83 Å². The van der Waals surface area contributed by atoms with Crippen molar-refractivity contribution >= 4 is 43.2 Å². The van der Waals surface area contributed by atoms with Gasteiger partial charge in [0.2, 0.25) is 0 Å². The standard InChI is InChI=1S/C12H19Br2N3S/c1-2-16-3-5-17(6-4-16)10(8-15)11-7-9(13)12(14)18-11/h7,10H,2-6,8,15H2,1H3. The second kappa shape index (κ2) is 6.81. The van der Waals surface area contributed by atoms with Gasteiger partial charge in [0.15, 0.2) is 0 Å². The third-order valence-electron chi connectivity index (χ3n) is 3.51. The Kier molecular flexibility index (Phi) is 5.65. The van der Waals surface area contributed by atoms with Gasteiger partial charge >= 0.3 is 0 Å². The number of thiophene rings is 1. The molecule has 0 spiro atoms. The lowest BCUT2D eigenvalue weighted by Gasteiger charge is -2.38. The van der Waals surface area contributed by atoms with Crippen LogP contribution in [0.4, 0.5) is 0 Å². The summed E-state index contributed by atoms with van der Waals surface area (Å²) in [4.78, 5) is 6.35. The van der Waals surface area contributed by atoms with Crippen molar-refractivity contribution in [3.63, 3.8) is 0 Å². The van der Waals surface area contributed by atoms with E-state index < -0.39 is 0 Å². The molecule has 1 fully saturated rings. The molecule has 0 radical (unpaired) electrons. The number of nitrogens with zero attached hydrogens (tertiary/aromatic N) is 2. The number of piperazine rings is 1. The smallest absolute Gasteiger partial charge is 0.0843 e. The first-order valence-electron chi connectivity index (χ1n) is 6.27. The molecule has 1 aliphatic rings. The van der Waals surface area contributed by atoms with Crippen LogP contribution in [0, 0.1) is 0 Å². The molecule has 0 aliphatic carbocycles. The van der Waals surface area contributed by atoms with E-state index in [0.29, 0.717) is 12.6 Å². The lowest BCUT2D eigenvalue weighted by molar-refractivity contribution is 0.103. The van der Waals surface area contributed by atoms with E-state index in [0.717, 1.165) is 41.0 Å². The van der Waals surface area contributed by atoms with Gasteiger partial charge < -0.3 is 10.6 Å². The zero-order valence-electron chi connectivity index (χ0n) is 10.5. The maximum atomic E-state index is 5.98. The van der Waals surface area contributed by atoms with Gasteiger partial charge in [-0.1, -0.05) is 6.92 Å². The monoisotopic (exact) mass is 395 g/mol. The molecule has 0 amide bonds. The van der Waals surface area contributed by atoms with Crippen molar-refractivity contribution < 1.29 is 0 Å². The maximum absolute atomic E-state index is 5.98. The molecule has 102 valence electrons. The van der Waals surface area contributed by atoms with Gasteiger partial charge in [-0.3, -0.25) is 4.90 Å². The van der Waals surface area contributed by atoms with Gasteiger partial charge in [-0.15, -0.1) is 11.3 Å². The minimum absolute atomic E-state index is 0.358. The summed E-state index contributed by atoms with van der Waals surface area (Å²) >= 11 is 8.90. The van der Waals surface area contributed by atoms with Gasteiger partial charge in [-0.2, -0.15) is 0 Å². The molecule has 0 saturated carbocycles. The molecule has 1 unspecified atom stereocenters. The molecular weight excluding hydrogens is 378 g/mol. The third kappa shape index (κ3) is 3.35. The van der Waals surface area contributed by atoms with E-state index in [2.05, 4.69) is 54.6 Å². The normalized spacial score (nSPS) is 20.2. The molecule has 0 bridgehead atoms. The Bertz CT molecular complexity index is 369. The summed E-state index contributed by atoms with van der Waals surface area (Å²) in [5, 5.41) is 0. The van der Waals surface area contributed by atoms with Gasteiger partial charge in [0.25, 0.3) is 0 Å². The second-order valence-electron chi connectivity index (χ2n) is 4.49. The van der Waals surface area contributed by atoms with Gasteiger partial charge in [0.1, 0.15) is 0 Å². The molecular formula is C12H19Br2N3S. The highest BCUT2D eigenvalue weighted by Crippen LogP contribution is 2.37. The number of hydrogen-bond donors (Lipinski definition) is 1. The van der Waals surface area contributed by atoms with Crippen LogP contribution in [-0.2, 0) is 0 Å². The molecule has 2 N–H and O–H groups in total. The van der Waals surface area contributed by atoms with Gasteiger partial charge in [-0.05, 0) is 44.5 Å². The fourth-order valence-corrected chi connectivity index (χ4v) is 4.60. The molecule has 3 nitrogen and oxygen atoms in total. The average Bonchev–Trinajstić information content (AvgIpc) is 2.71. The molecule has 1 atom stereocenters. The summed E-state index contributed by atoms with van der Waals surface area (Å²) in [6, 6.07) is 2.55. The highest BCUT2D eigenvalue weighted by atomic mass is 79.9. The quantitative estimate of drug-likeness (QED) is 0.849. The van der Waals surface area contributed by atoms with Crippen LogP contribution in [0.3, 0.4) is 0 Å². The molecule has 18 heavy (non-hydrogen) atoms. The number of rotatable bonds is 4. The molecule has 1 aromatic rings. The Hall–Kier alpha value is 0.540. The molecule has 0 aromatic carbocycles. The predicted octanol–water partition coefficient (Wildman–Crippen LogP) is 2.91. The molecule has 1 aromatic heterocycles. The van der Waals surface area contributed by atoms with Crippen LogP contribution in [-0.4, -0.2) is 49.1 Å². The minimum Gasteiger partial charge on any atom is -0.329 e. The van der Waals surface area contributed by atoms with Crippen molar-refractivity contribution in [2.75, 3.05) is 39.3 Å². The Morgan fingerprint density at radius 2 is 2.00 bits per heavy atom. The fraction of sp³-hybridized carbons (Fsp3) is 0.667. The first kappa shape index (κ1) is 14.9. The predicted molar refractivity (Wildman–Crippen MR) is 85.2 cm³/mol. The van der Waals surface area contributed by atoms with E-state index in [4.69, 9.17) is 5.73 Å². The van der Waals surface area contributed by atoms with Crippen molar-refractivity contribution in [2.24, 2.45) is 5.73 Å². The number of halogens is 2. The Labute approximate surface area is 130 Å². The lowest BCUT2D eigenvalue weighted by atomic mass is 10.1. The zero-order chi connectivity index (χ0) is 13.1. The van der Waals surface area contributed by atoms with Crippen LogP contribution < -0.4 is 5.73 Å². The van der Waals surface area contributed by atoms with E-state index in [1.54, 1.807) is 11.3 Å². The Balaban J connectivity index is 2.05. The summed E-state index contributed by atoms with van der Waals surface area (Å²) in [5.74, 6) is 0. The molecule has 1 aliphatic heterocycles. The molecule has 2 heterocycles. The third-order valence-corrected chi connectivity index (χ3v) is 6.87. The van der Waals surface area contributed by atoms with Crippen LogP contribution in [0.5, 0.6) is 0 Å². The number of likely N-dealkylation sites (N-methyl/N-ethyl adjacent to an activating group) is 1. The summed E-state index contributed by atoms with van der Waals surface area (Å²) in [5.41, 5.74) is 5.98. The first-order chi connectivity index (χ1) is 8.65. The van der Waals surface area contributed by atoms with E-state index in [-0.39, 0.29) is 0 Å². The molecule has 2 rings (SSSR count). The van der Waals surface area contributed by atoms with E-state index in [1.165, 1.54) is 4.88 Å². The SMILES string of the molecule is CCN1CCN(C(CN)c2cc(Br)c(Br)s2)CC1. The molecule has 1 saturated heterocycles. The Morgan fingerprint density at radius 3 is 2.44 bits per heavy atom. The summed E-state index contributed by atoms with van der Waals surface area (Å²) in [6.07, 6.45) is 0. The largest absolute Gasteiger partial charge is 0.329 e. The van der Waals surface area contributed by atoms with Crippen LogP contribution in [0.2, 0.25) is 0 Å². The fourth-order valence-electron chi connectivity index (χ4n) is 2.36. The summed E-state index contributed by atoms with van der Waals surface area (Å²) in [7, 11) is 0. The van der Waals surface area contributed by atoms with Crippen LogP contribution in [0.15, 0.2) is 14.3 Å². The summed E-state index contributed by atoms with van der Waals surface area (Å²) < 4.78 is 2.29. The lowest BCUT2D eigenvalue weighted by Crippen LogP contribution is -2.48. The minimum atomic E-state index is 0.358. The zero-order valence-corrected chi connectivity index (χ0v) is 14.5. The highest BCUT2D eigenvalue weighted by Gasteiger charge is 2.25. The number of nitrogens with two attached hydrogens (primary N) is 1. The van der Waals surface area contributed by atoms with E-state index >= 15 is 0 Å². The van der Waals surface area contributed by atoms with Crippen molar-refractivity contribution in [3.05, 3.63) is 19.2 Å². The summed E-state index contributed by atoms with van der Waals surface area (Å²) in [6.45, 7) is 8.60. The van der Waals surface area contributed by atoms with Gasteiger partial charge in [0, 0.05) is 42.1 Å². The number of hydrogen-bond acceptors (Lipinski definition) is 4. The van der Waals surface area contributed by atoms with Gasteiger partial charge in [-0.25, -0.2) is 0 Å². The van der Waals surface area contributed by atoms with Crippen LogP contribution in [0.25, 0.3) is 0 Å². The van der Waals surface area contributed by atoms with Crippen molar-refractivity contribution in [1.82, 2.24) is 9.80 Å². The van der Waals surface area contributed by atoms with E-state index in [1.807, 2.05) is 0 Å². The second-order valence-corrected chi connectivity index (χ2v) is 7.75. The highest BCUT2D eigenvalue weighted by molar-refractivity contribution is 9.13. The van der Waals surface area contributed by atoms with E-state index in [9.17, 15) is 0 Å². The van der Waals surface area contributed by atoms with Crippen molar-refractivity contribution in [3.8, 4) is 0 Å². The van der Waals surface area contributed by atoms with Crippen LogP contribution >= 0.6 is 43.2 Å². The first-order valence-corrected chi connectivity index (χ1v) is 8.67. The average molecular weight is 397 g/mol.